The minimum atomic E-state index is 0.100. The SMILES string of the molecule is O=C(N(CCCl)CCCl)N1CCCCCC1. The number of carbonyl (C=O) groups excluding carboxylic acids is 1. The summed E-state index contributed by atoms with van der Waals surface area (Å²) < 4.78 is 0. The van der Waals surface area contributed by atoms with Gasteiger partial charge < -0.3 is 9.80 Å². The molecule has 5 heteroatoms. The Hall–Kier alpha value is -0.150. The van der Waals surface area contributed by atoms with Crippen molar-refractivity contribution < 1.29 is 4.79 Å². The first-order chi connectivity index (χ1) is 7.79. The Morgan fingerprint density at radius 3 is 1.94 bits per heavy atom. The van der Waals surface area contributed by atoms with Crippen LogP contribution in [0.1, 0.15) is 25.7 Å². The van der Waals surface area contributed by atoms with E-state index in [0.717, 1.165) is 25.9 Å². The van der Waals surface area contributed by atoms with Crippen molar-refractivity contribution in [3.05, 3.63) is 0 Å². The molecule has 1 aliphatic heterocycles. The number of hydrogen-bond acceptors (Lipinski definition) is 1. The van der Waals surface area contributed by atoms with E-state index in [-0.39, 0.29) is 6.03 Å². The maximum atomic E-state index is 12.2. The van der Waals surface area contributed by atoms with E-state index in [1.54, 1.807) is 4.90 Å². The second kappa shape index (κ2) is 8.02. The number of halogens is 2. The quantitative estimate of drug-likeness (QED) is 0.718. The first-order valence-electron chi connectivity index (χ1n) is 5.95. The molecular weight excluding hydrogens is 247 g/mol. The summed E-state index contributed by atoms with van der Waals surface area (Å²) in [5.41, 5.74) is 0. The lowest BCUT2D eigenvalue weighted by molar-refractivity contribution is 0.159. The monoisotopic (exact) mass is 266 g/mol. The molecule has 0 aliphatic carbocycles. The largest absolute Gasteiger partial charge is 0.325 e. The molecular formula is C11H20Cl2N2O. The lowest BCUT2D eigenvalue weighted by Crippen LogP contribution is -2.45. The molecule has 0 N–H and O–H groups in total. The highest BCUT2D eigenvalue weighted by atomic mass is 35.5. The summed E-state index contributed by atoms with van der Waals surface area (Å²) in [5, 5.41) is 0. The summed E-state index contributed by atoms with van der Waals surface area (Å²) in [6, 6.07) is 0.100. The molecule has 1 heterocycles. The molecule has 0 unspecified atom stereocenters. The van der Waals surface area contributed by atoms with Crippen molar-refractivity contribution in [2.24, 2.45) is 0 Å². The second-order valence-electron chi connectivity index (χ2n) is 4.05. The molecule has 0 spiro atoms. The molecule has 0 saturated carbocycles. The fourth-order valence-corrected chi connectivity index (χ4v) is 2.38. The van der Waals surface area contributed by atoms with Gasteiger partial charge in [-0.1, -0.05) is 12.8 Å². The Morgan fingerprint density at radius 2 is 1.50 bits per heavy atom. The topological polar surface area (TPSA) is 23.6 Å². The van der Waals surface area contributed by atoms with Crippen LogP contribution in [0.4, 0.5) is 4.79 Å². The van der Waals surface area contributed by atoms with Gasteiger partial charge in [-0.3, -0.25) is 0 Å². The van der Waals surface area contributed by atoms with E-state index >= 15 is 0 Å². The van der Waals surface area contributed by atoms with Gasteiger partial charge in [0.15, 0.2) is 0 Å². The highest BCUT2D eigenvalue weighted by Crippen LogP contribution is 2.12. The van der Waals surface area contributed by atoms with Crippen molar-refractivity contribution >= 4 is 29.2 Å². The van der Waals surface area contributed by atoms with Crippen molar-refractivity contribution in [2.45, 2.75) is 25.7 Å². The van der Waals surface area contributed by atoms with Gasteiger partial charge in [0, 0.05) is 37.9 Å². The van der Waals surface area contributed by atoms with Gasteiger partial charge in [-0.2, -0.15) is 0 Å². The van der Waals surface area contributed by atoms with Gasteiger partial charge in [0.25, 0.3) is 0 Å². The zero-order chi connectivity index (χ0) is 11.8. The summed E-state index contributed by atoms with van der Waals surface area (Å²) in [5.74, 6) is 0.937. The number of hydrogen-bond donors (Lipinski definition) is 0. The molecule has 0 aromatic carbocycles. The van der Waals surface area contributed by atoms with E-state index in [9.17, 15) is 4.79 Å². The Morgan fingerprint density at radius 1 is 1.00 bits per heavy atom. The summed E-state index contributed by atoms with van der Waals surface area (Å²) in [6.45, 7) is 2.92. The van der Waals surface area contributed by atoms with Gasteiger partial charge in [0.2, 0.25) is 0 Å². The average Bonchev–Trinajstić information content (AvgIpc) is 2.56. The molecule has 0 aromatic heterocycles. The summed E-state index contributed by atoms with van der Waals surface area (Å²) in [4.78, 5) is 15.9. The number of alkyl halides is 2. The Bertz CT molecular complexity index is 196. The molecule has 0 aromatic rings. The van der Waals surface area contributed by atoms with Crippen molar-refractivity contribution in [2.75, 3.05) is 37.9 Å². The van der Waals surface area contributed by atoms with Crippen LogP contribution >= 0.6 is 23.2 Å². The molecule has 1 fully saturated rings. The van der Waals surface area contributed by atoms with Crippen LogP contribution in [0, 0.1) is 0 Å². The number of carbonyl (C=O) groups is 1. The number of likely N-dealkylation sites (tertiary alicyclic amines) is 1. The zero-order valence-electron chi connectivity index (χ0n) is 9.63. The molecule has 16 heavy (non-hydrogen) atoms. The van der Waals surface area contributed by atoms with Gasteiger partial charge in [-0.25, -0.2) is 4.79 Å². The van der Waals surface area contributed by atoms with E-state index in [0.29, 0.717) is 24.8 Å². The molecule has 3 nitrogen and oxygen atoms in total. The minimum absolute atomic E-state index is 0.100. The fourth-order valence-electron chi connectivity index (χ4n) is 1.97. The van der Waals surface area contributed by atoms with Gasteiger partial charge >= 0.3 is 6.03 Å². The number of amides is 2. The highest BCUT2D eigenvalue weighted by Gasteiger charge is 2.20. The minimum Gasteiger partial charge on any atom is -0.325 e. The van der Waals surface area contributed by atoms with Gasteiger partial charge in [-0.15, -0.1) is 23.2 Å². The molecule has 94 valence electrons. The maximum absolute atomic E-state index is 12.2. The van der Waals surface area contributed by atoms with Crippen LogP contribution in [-0.2, 0) is 0 Å². The third kappa shape index (κ3) is 4.38. The lowest BCUT2D eigenvalue weighted by Gasteiger charge is -2.29. The van der Waals surface area contributed by atoms with Crippen LogP contribution in [0.25, 0.3) is 0 Å². The van der Waals surface area contributed by atoms with Gasteiger partial charge in [0.1, 0.15) is 0 Å². The molecule has 1 aliphatic rings. The van der Waals surface area contributed by atoms with Gasteiger partial charge in [0.05, 0.1) is 0 Å². The van der Waals surface area contributed by atoms with Crippen molar-refractivity contribution in [1.29, 1.82) is 0 Å². The van der Waals surface area contributed by atoms with Crippen LogP contribution in [-0.4, -0.2) is 53.8 Å². The number of nitrogens with zero attached hydrogens (tertiary/aromatic N) is 2. The molecule has 0 atom stereocenters. The summed E-state index contributed by atoms with van der Waals surface area (Å²) in [6.07, 6.45) is 4.69. The molecule has 1 rings (SSSR count). The van der Waals surface area contributed by atoms with E-state index in [1.807, 2.05) is 4.90 Å². The Labute approximate surface area is 108 Å². The smallest absolute Gasteiger partial charge is 0.320 e. The van der Waals surface area contributed by atoms with Crippen LogP contribution in [0.5, 0.6) is 0 Å². The zero-order valence-corrected chi connectivity index (χ0v) is 11.1. The molecule has 0 radical (unpaired) electrons. The van der Waals surface area contributed by atoms with E-state index in [2.05, 4.69) is 0 Å². The van der Waals surface area contributed by atoms with Crippen molar-refractivity contribution in [1.82, 2.24) is 9.80 Å². The van der Waals surface area contributed by atoms with Crippen LogP contribution in [0.15, 0.2) is 0 Å². The van der Waals surface area contributed by atoms with E-state index in [4.69, 9.17) is 23.2 Å². The van der Waals surface area contributed by atoms with Crippen molar-refractivity contribution in [3.8, 4) is 0 Å². The van der Waals surface area contributed by atoms with E-state index in [1.165, 1.54) is 12.8 Å². The average molecular weight is 267 g/mol. The number of rotatable bonds is 4. The molecule has 1 saturated heterocycles. The summed E-state index contributed by atoms with van der Waals surface area (Å²) >= 11 is 11.4. The first kappa shape index (κ1) is 13.9. The predicted molar refractivity (Wildman–Crippen MR) is 68.5 cm³/mol. The summed E-state index contributed by atoms with van der Waals surface area (Å²) in [7, 11) is 0. The lowest BCUT2D eigenvalue weighted by atomic mass is 10.2. The van der Waals surface area contributed by atoms with Crippen LogP contribution < -0.4 is 0 Å². The Balaban J connectivity index is 2.49. The third-order valence-corrected chi connectivity index (χ3v) is 3.19. The standard InChI is InChI=1S/C11H20Cl2N2O/c12-5-9-15(10-6-13)11(16)14-7-3-1-2-4-8-14/h1-10H2. The van der Waals surface area contributed by atoms with Crippen molar-refractivity contribution in [3.63, 3.8) is 0 Å². The Kier molecular flexibility index (Phi) is 6.97. The normalized spacial score (nSPS) is 17.0. The number of urea groups is 1. The second-order valence-corrected chi connectivity index (χ2v) is 4.80. The fraction of sp³-hybridized carbons (Fsp3) is 0.909. The first-order valence-corrected chi connectivity index (χ1v) is 7.02. The van der Waals surface area contributed by atoms with E-state index < -0.39 is 0 Å². The van der Waals surface area contributed by atoms with Crippen LogP contribution in [0.2, 0.25) is 0 Å². The predicted octanol–water partition coefficient (Wildman–Crippen LogP) is 2.76. The highest BCUT2D eigenvalue weighted by molar-refractivity contribution is 6.18. The molecule has 0 bridgehead atoms. The van der Waals surface area contributed by atoms with Crippen LogP contribution in [0.3, 0.4) is 0 Å². The third-order valence-electron chi connectivity index (χ3n) is 2.86. The van der Waals surface area contributed by atoms with Gasteiger partial charge in [-0.05, 0) is 12.8 Å². The maximum Gasteiger partial charge on any atom is 0.320 e. The molecule has 2 amide bonds.